The molecule has 1 N–H and O–H groups in total. The van der Waals surface area contributed by atoms with Crippen molar-refractivity contribution in [3.63, 3.8) is 0 Å². The van der Waals surface area contributed by atoms with Gasteiger partial charge in [-0.15, -0.1) is 11.3 Å². The fraction of sp³-hybridized carbons (Fsp3) is 0.360. The van der Waals surface area contributed by atoms with Gasteiger partial charge in [0.05, 0.1) is 13.7 Å². The van der Waals surface area contributed by atoms with Crippen LogP contribution in [0.4, 0.5) is 0 Å². The number of hydrogen-bond donors (Lipinski definition) is 1. The molecule has 3 aromatic rings. The van der Waals surface area contributed by atoms with E-state index in [0.717, 1.165) is 40.8 Å². The summed E-state index contributed by atoms with van der Waals surface area (Å²) in [5.41, 5.74) is 2.77. The van der Waals surface area contributed by atoms with Crippen LogP contribution in [0.5, 0.6) is 17.2 Å². The maximum atomic E-state index is 12.4. The summed E-state index contributed by atoms with van der Waals surface area (Å²) in [5, 5.41) is 5.71. The molecule has 7 nitrogen and oxygen atoms in total. The number of nitrogens with zero attached hydrogens (tertiary/aromatic N) is 2. The van der Waals surface area contributed by atoms with Crippen LogP contribution in [0.15, 0.2) is 47.8 Å². The molecule has 1 amide bonds. The van der Waals surface area contributed by atoms with Crippen molar-refractivity contribution in [2.75, 3.05) is 13.9 Å². The molecule has 4 rings (SSSR count). The second-order valence-corrected chi connectivity index (χ2v) is 9.03. The molecule has 1 aliphatic rings. The molecule has 0 saturated carbocycles. The maximum Gasteiger partial charge on any atom is 0.270 e. The molecule has 1 atom stereocenters. The van der Waals surface area contributed by atoms with E-state index in [1.54, 1.807) is 7.11 Å². The molecule has 174 valence electrons. The molecule has 1 aromatic heterocycles. The van der Waals surface area contributed by atoms with Gasteiger partial charge in [0.1, 0.15) is 16.5 Å². The fourth-order valence-corrected chi connectivity index (χ4v) is 4.35. The minimum absolute atomic E-state index is 0.121. The van der Waals surface area contributed by atoms with Crippen LogP contribution >= 0.6 is 11.3 Å². The Kier molecular flexibility index (Phi) is 7.47. The molecule has 0 saturated heterocycles. The van der Waals surface area contributed by atoms with Crippen LogP contribution < -0.4 is 19.5 Å². The summed E-state index contributed by atoms with van der Waals surface area (Å²) in [6.45, 7) is 6.36. The Morgan fingerprint density at radius 2 is 1.85 bits per heavy atom. The highest BCUT2D eigenvalue weighted by atomic mass is 32.1. The van der Waals surface area contributed by atoms with Crippen molar-refractivity contribution in [1.82, 2.24) is 15.2 Å². The van der Waals surface area contributed by atoms with Gasteiger partial charge in [0.15, 0.2) is 11.5 Å². The van der Waals surface area contributed by atoms with E-state index < -0.39 is 0 Å². The van der Waals surface area contributed by atoms with Gasteiger partial charge in [-0.05, 0) is 48.7 Å². The van der Waals surface area contributed by atoms with Crippen molar-refractivity contribution in [1.29, 1.82) is 0 Å². The third-order valence-electron chi connectivity index (χ3n) is 5.54. The number of ether oxygens (including phenoxy) is 3. The van der Waals surface area contributed by atoms with Gasteiger partial charge in [0.25, 0.3) is 5.91 Å². The highest BCUT2D eigenvalue weighted by Gasteiger charge is 2.18. The molecule has 0 aliphatic carbocycles. The summed E-state index contributed by atoms with van der Waals surface area (Å²) in [4.78, 5) is 19.4. The maximum absolute atomic E-state index is 12.4. The Morgan fingerprint density at radius 1 is 1.12 bits per heavy atom. The molecule has 2 aromatic carbocycles. The van der Waals surface area contributed by atoms with Crippen molar-refractivity contribution in [3.8, 4) is 17.2 Å². The lowest BCUT2D eigenvalue weighted by Gasteiger charge is -2.22. The number of thiazole rings is 1. The summed E-state index contributed by atoms with van der Waals surface area (Å²) in [6.07, 6.45) is 0.883. The quantitative estimate of drug-likeness (QED) is 0.469. The predicted molar refractivity (Wildman–Crippen MR) is 128 cm³/mol. The van der Waals surface area contributed by atoms with Crippen molar-refractivity contribution >= 4 is 17.2 Å². The number of rotatable bonds is 10. The SMILES string of the molecule is CCC(C)NC(=O)c1csc(CN(Cc2ccc(OC)cc2)Cc2ccc3c(c2)OCO3)n1. The molecule has 0 radical (unpaired) electrons. The van der Waals surface area contributed by atoms with Crippen molar-refractivity contribution in [2.24, 2.45) is 0 Å². The molecule has 0 spiro atoms. The van der Waals surface area contributed by atoms with Crippen molar-refractivity contribution in [2.45, 2.75) is 45.9 Å². The van der Waals surface area contributed by atoms with Crippen LogP contribution in [0.1, 0.15) is 46.9 Å². The zero-order valence-electron chi connectivity index (χ0n) is 19.2. The van der Waals surface area contributed by atoms with Gasteiger partial charge >= 0.3 is 0 Å². The first kappa shape index (κ1) is 23.1. The highest BCUT2D eigenvalue weighted by molar-refractivity contribution is 7.09. The topological polar surface area (TPSA) is 72.9 Å². The van der Waals surface area contributed by atoms with Crippen LogP contribution in [0, 0.1) is 0 Å². The first-order valence-corrected chi connectivity index (χ1v) is 11.9. The Labute approximate surface area is 198 Å². The second-order valence-electron chi connectivity index (χ2n) is 8.09. The number of aromatic nitrogens is 1. The average molecular weight is 468 g/mol. The standard InChI is InChI=1S/C25H29N3O4S/c1-4-17(2)26-25(29)21-15-33-24(27-21)14-28(12-18-5-8-20(30-3)9-6-18)13-19-7-10-22-23(11-19)32-16-31-22/h5-11,15,17H,4,12-14,16H2,1-3H3,(H,26,29). The molecular formula is C25H29N3O4S. The lowest BCUT2D eigenvalue weighted by Crippen LogP contribution is -2.32. The first-order chi connectivity index (χ1) is 16.0. The van der Waals surface area contributed by atoms with Crippen LogP contribution in [0.25, 0.3) is 0 Å². The van der Waals surface area contributed by atoms with E-state index >= 15 is 0 Å². The van der Waals surface area contributed by atoms with Gasteiger partial charge < -0.3 is 19.5 Å². The van der Waals surface area contributed by atoms with E-state index in [1.165, 1.54) is 16.9 Å². The largest absolute Gasteiger partial charge is 0.497 e. The number of amides is 1. The van der Waals surface area contributed by atoms with Crippen LogP contribution in [0.2, 0.25) is 0 Å². The van der Waals surface area contributed by atoms with E-state index in [-0.39, 0.29) is 18.7 Å². The number of nitrogens with one attached hydrogen (secondary N) is 1. The number of carbonyl (C=O) groups excluding carboxylic acids is 1. The van der Waals surface area contributed by atoms with Crippen LogP contribution in [-0.2, 0) is 19.6 Å². The smallest absolute Gasteiger partial charge is 0.270 e. The van der Waals surface area contributed by atoms with E-state index in [0.29, 0.717) is 18.8 Å². The number of fused-ring (bicyclic) bond motifs is 1. The van der Waals surface area contributed by atoms with Crippen molar-refractivity contribution in [3.05, 3.63) is 69.7 Å². The molecule has 8 heteroatoms. The third-order valence-corrected chi connectivity index (χ3v) is 6.38. The molecular weight excluding hydrogens is 438 g/mol. The summed E-state index contributed by atoms with van der Waals surface area (Å²) in [5.74, 6) is 2.26. The lowest BCUT2D eigenvalue weighted by molar-refractivity contribution is 0.0934. The van der Waals surface area contributed by atoms with Crippen molar-refractivity contribution < 1.29 is 19.0 Å². The second kappa shape index (κ2) is 10.7. The zero-order valence-corrected chi connectivity index (χ0v) is 20.0. The van der Waals surface area contributed by atoms with Gasteiger partial charge in [-0.2, -0.15) is 0 Å². The average Bonchev–Trinajstić information content (AvgIpc) is 3.48. The van der Waals surface area contributed by atoms with E-state index in [1.807, 2.05) is 43.5 Å². The summed E-state index contributed by atoms with van der Waals surface area (Å²) < 4.78 is 16.3. The normalized spacial score (nSPS) is 13.2. The monoisotopic (exact) mass is 467 g/mol. The molecule has 33 heavy (non-hydrogen) atoms. The zero-order chi connectivity index (χ0) is 23.2. The van der Waals surface area contributed by atoms with Gasteiger partial charge in [-0.25, -0.2) is 4.98 Å². The minimum atomic E-state index is -0.121. The Morgan fingerprint density at radius 3 is 2.61 bits per heavy atom. The number of carbonyl (C=O) groups is 1. The number of methoxy groups -OCH3 is 1. The van der Waals surface area contributed by atoms with Crippen LogP contribution in [0.3, 0.4) is 0 Å². The third kappa shape index (κ3) is 6.03. The predicted octanol–water partition coefficient (Wildman–Crippen LogP) is 4.61. The summed E-state index contributed by atoms with van der Waals surface area (Å²) in [6, 6.07) is 14.2. The van der Waals surface area contributed by atoms with Gasteiger partial charge in [0, 0.05) is 24.5 Å². The summed E-state index contributed by atoms with van der Waals surface area (Å²) >= 11 is 1.51. The molecule has 2 heterocycles. The number of benzene rings is 2. The van der Waals surface area contributed by atoms with Gasteiger partial charge in [-0.3, -0.25) is 9.69 Å². The molecule has 0 bridgehead atoms. The Bertz CT molecular complexity index is 1080. The fourth-order valence-electron chi connectivity index (χ4n) is 3.53. The molecule has 0 fully saturated rings. The summed E-state index contributed by atoms with van der Waals surface area (Å²) in [7, 11) is 1.67. The highest BCUT2D eigenvalue weighted by Crippen LogP contribution is 2.33. The lowest BCUT2D eigenvalue weighted by atomic mass is 10.1. The van der Waals surface area contributed by atoms with Gasteiger partial charge in [0.2, 0.25) is 6.79 Å². The Balaban J connectivity index is 1.50. The Hall–Kier alpha value is -3.10. The van der Waals surface area contributed by atoms with E-state index in [4.69, 9.17) is 14.2 Å². The minimum Gasteiger partial charge on any atom is -0.497 e. The van der Waals surface area contributed by atoms with Gasteiger partial charge in [-0.1, -0.05) is 25.1 Å². The number of hydrogen-bond acceptors (Lipinski definition) is 7. The van der Waals surface area contributed by atoms with Crippen LogP contribution in [-0.4, -0.2) is 35.7 Å². The first-order valence-electron chi connectivity index (χ1n) is 11.0. The van der Waals surface area contributed by atoms with E-state index in [2.05, 4.69) is 33.4 Å². The molecule has 1 aliphatic heterocycles. The molecule has 1 unspecified atom stereocenters. The van der Waals surface area contributed by atoms with E-state index in [9.17, 15) is 4.79 Å².